The Labute approximate surface area is 128 Å². The molecule has 1 aromatic rings. The molecule has 0 fully saturated rings. The largest absolute Gasteiger partial charge is 0.598 e. The van der Waals surface area contributed by atoms with E-state index in [0.29, 0.717) is 10.0 Å². The third-order valence-electron chi connectivity index (χ3n) is 2.65. The van der Waals surface area contributed by atoms with Gasteiger partial charge < -0.3 is 4.55 Å². The van der Waals surface area contributed by atoms with Crippen molar-refractivity contribution in [2.45, 2.75) is 44.7 Å². The van der Waals surface area contributed by atoms with Crippen LogP contribution in [0.2, 0.25) is 0 Å². The molecule has 0 heterocycles. The molecule has 0 saturated carbocycles. The van der Waals surface area contributed by atoms with E-state index >= 15 is 0 Å². The zero-order valence-electron chi connectivity index (χ0n) is 11.6. The van der Waals surface area contributed by atoms with Gasteiger partial charge in [-0.3, -0.25) is 0 Å². The van der Waals surface area contributed by atoms with Gasteiger partial charge in [-0.2, -0.15) is 13.2 Å². The maximum Gasteiger partial charge on any atom is 0.412 e. The molecular formula is C13H17BrF3NOS. The second kappa shape index (κ2) is 6.25. The van der Waals surface area contributed by atoms with Gasteiger partial charge in [0.15, 0.2) is 6.04 Å². The van der Waals surface area contributed by atoms with E-state index < -0.39 is 28.3 Å². The first kappa shape index (κ1) is 17.8. The molecular weight excluding hydrogens is 355 g/mol. The Balaban J connectivity index is 3.14. The zero-order valence-corrected chi connectivity index (χ0v) is 14.0. The van der Waals surface area contributed by atoms with Gasteiger partial charge >= 0.3 is 6.18 Å². The number of hydrogen-bond acceptors (Lipinski definition) is 2. The molecule has 0 amide bonds. The molecule has 1 aromatic carbocycles. The van der Waals surface area contributed by atoms with Gasteiger partial charge in [0, 0.05) is 15.8 Å². The molecule has 0 saturated heterocycles. The summed E-state index contributed by atoms with van der Waals surface area (Å²) in [6.45, 7) is 6.47. The van der Waals surface area contributed by atoms with Gasteiger partial charge in [0.05, 0.1) is 0 Å². The summed E-state index contributed by atoms with van der Waals surface area (Å²) in [6, 6.07) is 2.60. The van der Waals surface area contributed by atoms with Gasteiger partial charge in [-0.05, 0) is 51.0 Å². The highest BCUT2D eigenvalue weighted by atomic mass is 79.9. The van der Waals surface area contributed by atoms with Crippen molar-refractivity contribution >= 4 is 27.3 Å². The Hall–Kier alpha value is -0.240. The first-order chi connectivity index (χ1) is 8.93. The van der Waals surface area contributed by atoms with Crippen molar-refractivity contribution in [3.8, 4) is 0 Å². The Kier molecular flexibility index (Phi) is 5.57. The second-order valence-corrected chi connectivity index (χ2v) is 8.39. The maximum absolute atomic E-state index is 13.2. The molecule has 7 heteroatoms. The van der Waals surface area contributed by atoms with E-state index in [0.717, 1.165) is 0 Å². The minimum Gasteiger partial charge on any atom is -0.598 e. The highest BCUT2D eigenvalue weighted by molar-refractivity contribution is 9.10. The van der Waals surface area contributed by atoms with E-state index in [1.54, 1.807) is 39.8 Å². The lowest BCUT2D eigenvalue weighted by molar-refractivity contribution is -0.153. The van der Waals surface area contributed by atoms with Crippen LogP contribution in [0, 0.1) is 6.92 Å². The summed E-state index contributed by atoms with van der Waals surface area (Å²) in [6.07, 6.45) is -4.51. The van der Waals surface area contributed by atoms with Crippen LogP contribution in [0.25, 0.3) is 0 Å². The minimum atomic E-state index is -4.51. The third kappa shape index (κ3) is 4.65. The molecule has 2 atom stereocenters. The summed E-state index contributed by atoms with van der Waals surface area (Å²) in [7, 11) is 0. The zero-order chi connectivity index (χ0) is 15.7. The quantitative estimate of drug-likeness (QED) is 0.798. The summed E-state index contributed by atoms with van der Waals surface area (Å²) < 4.78 is 53.8. The lowest BCUT2D eigenvalue weighted by Crippen LogP contribution is -2.45. The summed E-state index contributed by atoms with van der Waals surface area (Å²) >= 11 is 1.41. The highest BCUT2D eigenvalue weighted by Gasteiger charge is 2.46. The molecule has 1 unspecified atom stereocenters. The van der Waals surface area contributed by atoms with Gasteiger partial charge in [-0.1, -0.05) is 22.0 Å². The summed E-state index contributed by atoms with van der Waals surface area (Å²) in [5.41, 5.74) is 0.568. The van der Waals surface area contributed by atoms with Crippen LogP contribution in [0.4, 0.5) is 13.2 Å². The van der Waals surface area contributed by atoms with Crippen LogP contribution in [0.5, 0.6) is 0 Å². The molecule has 0 aliphatic carbocycles. The van der Waals surface area contributed by atoms with E-state index in [1.807, 2.05) is 0 Å². The molecule has 0 radical (unpaired) electrons. The number of halogens is 4. The SMILES string of the molecule is Cc1cc(Br)ccc1[C@H](N[S+]([O-])C(C)(C)C)C(F)(F)F. The van der Waals surface area contributed by atoms with Gasteiger partial charge in [-0.15, -0.1) is 4.72 Å². The number of nitrogens with one attached hydrogen (secondary N) is 1. The molecule has 20 heavy (non-hydrogen) atoms. The van der Waals surface area contributed by atoms with Crippen LogP contribution in [-0.4, -0.2) is 15.5 Å². The molecule has 0 spiro atoms. The van der Waals surface area contributed by atoms with Crippen LogP contribution < -0.4 is 4.72 Å². The number of hydrogen-bond donors (Lipinski definition) is 1. The molecule has 0 aliphatic heterocycles. The van der Waals surface area contributed by atoms with Crippen LogP contribution in [0.1, 0.15) is 37.9 Å². The fourth-order valence-electron chi connectivity index (χ4n) is 1.55. The lowest BCUT2D eigenvalue weighted by atomic mass is 10.0. The van der Waals surface area contributed by atoms with Crippen LogP contribution in [0.3, 0.4) is 0 Å². The van der Waals surface area contributed by atoms with Crippen molar-refractivity contribution in [1.29, 1.82) is 0 Å². The van der Waals surface area contributed by atoms with E-state index in [-0.39, 0.29) is 5.56 Å². The fourth-order valence-corrected chi connectivity index (χ4v) is 2.86. The average Bonchev–Trinajstić information content (AvgIpc) is 2.23. The Morgan fingerprint density at radius 1 is 1.25 bits per heavy atom. The lowest BCUT2D eigenvalue weighted by Gasteiger charge is -2.29. The first-order valence-electron chi connectivity index (χ1n) is 5.93. The number of alkyl halides is 3. The van der Waals surface area contributed by atoms with E-state index in [1.165, 1.54) is 6.07 Å². The van der Waals surface area contributed by atoms with Gasteiger partial charge in [0.2, 0.25) is 0 Å². The van der Waals surface area contributed by atoms with Crippen LogP contribution in [0.15, 0.2) is 22.7 Å². The Bertz CT molecular complexity index is 474. The molecule has 114 valence electrons. The molecule has 1 rings (SSSR count). The predicted molar refractivity (Wildman–Crippen MR) is 78.7 cm³/mol. The van der Waals surface area contributed by atoms with Crippen molar-refractivity contribution in [1.82, 2.24) is 4.72 Å². The van der Waals surface area contributed by atoms with Gasteiger partial charge in [-0.25, -0.2) is 0 Å². The van der Waals surface area contributed by atoms with Crippen molar-refractivity contribution in [3.63, 3.8) is 0 Å². The van der Waals surface area contributed by atoms with Crippen molar-refractivity contribution in [3.05, 3.63) is 33.8 Å². The van der Waals surface area contributed by atoms with Crippen LogP contribution in [-0.2, 0) is 11.4 Å². The normalized spacial score (nSPS) is 16.1. The first-order valence-corrected chi connectivity index (χ1v) is 7.88. The van der Waals surface area contributed by atoms with Crippen molar-refractivity contribution < 1.29 is 17.7 Å². The standard InChI is InChI=1S/C13H17BrF3NOS/c1-8-7-9(14)5-6-10(8)11(13(15,16)17)18-20(19)12(2,3)4/h5-7,11,18H,1-4H3/t11-,20?/m0/s1. The molecule has 2 nitrogen and oxygen atoms in total. The number of rotatable bonds is 3. The van der Waals surface area contributed by atoms with Crippen LogP contribution >= 0.6 is 15.9 Å². The van der Waals surface area contributed by atoms with E-state index in [9.17, 15) is 17.7 Å². The molecule has 0 aliphatic rings. The monoisotopic (exact) mass is 371 g/mol. The van der Waals surface area contributed by atoms with Gasteiger partial charge in [0.1, 0.15) is 4.75 Å². The summed E-state index contributed by atoms with van der Waals surface area (Å²) in [5.74, 6) is 0. The molecule has 0 bridgehead atoms. The predicted octanol–water partition coefficient (Wildman–Crippen LogP) is 4.41. The van der Waals surface area contributed by atoms with Crippen molar-refractivity contribution in [2.24, 2.45) is 0 Å². The number of benzene rings is 1. The average molecular weight is 372 g/mol. The Morgan fingerprint density at radius 3 is 2.20 bits per heavy atom. The Morgan fingerprint density at radius 2 is 1.80 bits per heavy atom. The molecule has 0 aromatic heterocycles. The molecule has 1 N–H and O–H groups in total. The highest BCUT2D eigenvalue weighted by Crippen LogP contribution is 2.36. The minimum absolute atomic E-state index is 0.0818. The van der Waals surface area contributed by atoms with E-state index in [2.05, 4.69) is 20.7 Å². The summed E-state index contributed by atoms with van der Waals surface area (Å²) in [4.78, 5) is 0. The second-order valence-electron chi connectivity index (χ2n) is 5.47. The summed E-state index contributed by atoms with van der Waals surface area (Å²) in [5, 5.41) is 0. The van der Waals surface area contributed by atoms with Crippen molar-refractivity contribution in [2.75, 3.05) is 0 Å². The van der Waals surface area contributed by atoms with E-state index in [4.69, 9.17) is 0 Å². The number of aryl methyl sites for hydroxylation is 1. The maximum atomic E-state index is 13.2. The fraction of sp³-hybridized carbons (Fsp3) is 0.538. The third-order valence-corrected chi connectivity index (χ3v) is 4.71. The van der Waals surface area contributed by atoms with Gasteiger partial charge in [0.25, 0.3) is 0 Å². The smallest absolute Gasteiger partial charge is 0.412 e. The topological polar surface area (TPSA) is 35.1 Å².